The molecular weight excluding hydrogens is 140 g/mol. The van der Waals surface area contributed by atoms with Crippen LogP contribution in [0.1, 0.15) is 6.42 Å². The highest BCUT2D eigenvalue weighted by molar-refractivity contribution is 6.17. The SMILES string of the molecule is ClCOCC1CCOC1. The Morgan fingerprint density at radius 2 is 2.56 bits per heavy atom. The van der Waals surface area contributed by atoms with E-state index in [2.05, 4.69) is 0 Å². The summed E-state index contributed by atoms with van der Waals surface area (Å²) >= 11 is 5.32. The van der Waals surface area contributed by atoms with Gasteiger partial charge in [-0.3, -0.25) is 0 Å². The Labute approximate surface area is 60.1 Å². The Kier molecular flexibility index (Phi) is 3.33. The molecule has 1 saturated heterocycles. The van der Waals surface area contributed by atoms with E-state index >= 15 is 0 Å². The molecule has 1 rings (SSSR count). The molecule has 2 nitrogen and oxygen atoms in total. The summed E-state index contributed by atoms with van der Waals surface area (Å²) in [5.74, 6) is 0.587. The number of hydrogen-bond acceptors (Lipinski definition) is 2. The van der Waals surface area contributed by atoms with E-state index in [1.54, 1.807) is 0 Å². The van der Waals surface area contributed by atoms with Crippen molar-refractivity contribution in [3.63, 3.8) is 0 Å². The monoisotopic (exact) mass is 150 g/mol. The lowest BCUT2D eigenvalue weighted by atomic mass is 10.1. The molecule has 0 amide bonds. The predicted octanol–water partition coefficient (Wildman–Crippen LogP) is 1.24. The molecule has 0 aromatic rings. The second kappa shape index (κ2) is 4.09. The van der Waals surface area contributed by atoms with Crippen LogP contribution in [-0.4, -0.2) is 25.9 Å². The highest BCUT2D eigenvalue weighted by Gasteiger charge is 2.14. The van der Waals surface area contributed by atoms with Crippen molar-refractivity contribution in [2.45, 2.75) is 6.42 Å². The van der Waals surface area contributed by atoms with Gasteiger partial charge < -0.3 is 9.47 Å². The first-order valence-corrected chi connectivity index (χ1v) is 3.68. The summed E-state index contributed by atoms with van der Waals surface area (Å²) in [6.45, 7) is 2.48. The first-order chi connectivity index (χ1) is 4.43. The summed E-state index contributed by atoms with van der Waals surface area (Å²) in [6, 6.07) is 0.302. The van der Waals surface area contributed by atoms with Gasteiger partial charge in [-0.1, -0.05) is 11.6 Å². The third-order valence-corrected chi connectivity index (χ3v) is 1.61. The summed E-state index contributed by atoms with van der Waals surface area (Å²) in [7, 11) is 0. The predicted molar refractivity (Wildman–Crippen MR) is 35.6 cm³/mol. The third-order valence-electron chi connectivity index (χ3n) is 1.45. The van der Waals surface area contributed by atoms with Crippen LogP contribution >= 0.6 is 11.6 Å². The van der Waals surface area contributed by atoms with Crippen LogP contribution in [0.5, 0.6) is 0 Å². The van der Waals surface area contributed by atoms with Crippen molar-refractivity contribution in [1.82, 2.24) is 0 Å². The topological polar surface area (TPSA) is 18.5 Å². The molecule has 1 fully saturated rings. The lowest BCUT2D eigenvalue weighted by Crippen LogP contribution is -2.07. The molecule has 0 spiro atoms. The first-order valence-electron chi connectivity index (χ1n) is 3.15. The average molecular weight is 151 g/mol. The molecular formula is C6H11ClO2. The largest absolute Gasteiger partial charge is 0.381 e. The minimum absolute atomic E-state index is 0.302. The van der Waals surface area contributed by atoms with Gasteiger partial charge in [-0.2, -0.15) is 0 Å². The van der Waals surface area contributed by atoms with Crippen molar-refractivity contribution < 1.29 is 9.47 Å². The van der Waals surface area contributed by atoms with E-state index in [1.165, 1.54) is 0 Å². The van der Waals surface area contributed by atoms with E-state index in [9.17, 15) is 0 Å². The lowest BCUT2D eigenvalue weighted by Gasteiger charge is -2.04. The van der Waals surface area contributed by atoms with Crippen LogP contribution < -0.4 is 0 Å². The minimum atomic E-state index is 0.302. The normalized spacial score (nSPS) is 27.0. The molecule has 0 bridgehead atoms. The Morgan fingerprint density at radius 3 is 3.11 bits per heavy atom. The van der Waals surface area contributed by atoms with Crippen LogP contribution in [0.3, 0.4) is 0 Å². The smallest absolute Gasteiger partial charge is 0.120 e. The van der Waals surface area contributed by atoms with Crippen molar-refractivity contribution >= 4 is 11.6 Å². The highest BCUT2D eigenvalue weighted by Crippen LogP contribution is 2.11. The molecule has 54 valence electrons. The molecule has 0 radical (unpaired) electrons. The number of ether oxygens (including phenoxy) is 2. The summed E-state index contributed by atoms with van der Waals surface area (Å²) < 4.78 is 10.1. The Bertz CT molecular complexity index is 71.5. The van der Waals surface area contributed by atoms with Gasteiger partial charge in [-0.05, 0) is 6.42 Å². The van der Waals surface area contributed by atoms with Gasteiger partial charge >= 0.3 is 0 Å². The second-order valence-corrected chi connectivity index (χ2v) is 2.43. The zero-order valence-corrected chi connectivity index (χ0v) is 6.06. The molecule has 1 aliphatic rings. The zero-order valence-electron chi connectivity index (χ0n) is 5.31. The Balaban J connectivity index is 1.98. The fourth-order valence-corrected chi connectivity index (χ4v) is 1.02. The van der Waals surface area contributed by atoms with E-state index in [-0.39, 0.29) is 0 Å². The van der Waals surface area contributed by atoms with Gasteiger partial charge in [0.15, 0.2) is 0 Å². The van der Waals surface area contributed by atoms with Crippen molar-refractivity contribution in [1.29, 1.82) is 0 Å². The summed E-state index contributed by atoms with van der Waals surface area (Å²) in [5.41, 5.74) is 0. The van der Waals surface area contributed by atoms with Crippen LogP contribution in [0.15, 0.2) is 0 Å². The van der Waals surface area contributed by atoms with E-state index in [0.29, 0.717) is 12.0 Å². The van der Waals surface area contributed by atoms with E-state index in [0.717, 1.165) is 26.2 Å². The number of hydrogen-bond donors (Lipinski definition) is 0. The Morgan fingerprint density at radius 1 is 1.67 bits per heavy atom. The summed E-state index contributed by atoms with van der Waals surface area (Å²) in [5, 5.41) is 0. The zero-order chi connectivity index (χ0) is 6.53. The van der Waals surface area contributed by atoms with Crippen molar-refractivity contribution in [3.05, 3.63) is 0 Å². The second-order valence-electron chi connectivity index (χ2n) is 2.21. The van der Waals surface area contributed by atoms with Crippen molar-refractivity contribution in [2.75, 3.05) is 25.9 Å². The maximum absolute atomic E-state index is 5.32. The van der Waals surface area contributed by atoms with Gasteiger partial charge in [0.05, 0.1) is 13.2 Å². The van der Waals surface area contributed by atoms with Crippen molar-refractivity contribution in [2.24, 2.45) is 5.92 Å². The van der Waals surface area contributed by atoms with Crippen LogP contribution in [0.4, 0.5) is 0 Å². The fraction of sp³-hybridized carbons (Fsp3) is 1.00. The lowest BCUT2D eigenvalue weighted by molar-refractivity contribution is 0.118. The molecule has 9 heavy (non-hydrogen) atoms. The maximum atomic E-state index is 5.32. The molecule has 0 aromatic carbocycles. The van der Waals surface area contributed by atoms with Gasteiger partial charge in [-0.25, -0.2) is 0 Å². The number of rotatable bonds is 3. The molecule has 1 heterocycles. The number of halogens is 1. The van der Waals surface area contributed by atoms with Crippen LogP contribution in [0, 0.1) is 5.92 Å². The van der Waals surface area contributed by atoms with Gasteiger partial charge in [0.25, 0.3) is 0 Å². The van der Waals surface area contributed by atoms with Crippen LogP contribution in [0.2, 0.25) is 0 Å². The van der Waals surface area contributed by atoms with E-state index in [1.807, 2.05) is 0 Å². The molecule has 0 N–H and O–H groups in total. The van der Waals surface area contributed by atoms with Gasteiger partial charge in [-0.15, -0.1) is 0 Å². The molecule has 1 aliphatic heterocycles. The van der Waals surface area contributed by atoms with Crippen LogP contribution in [0.25, 0.3) is 0 Å². The third kappa shape index (κ3) is 2.52. The van der Waals surface area contributed by atoms with E-state index in [4.69, 9.17) is 21.1 Å². The highest BCUT2D eigenvalue weighted by atomic mass is 35.5. The molecule has 1 unspecified atom stereocenters. The number of alkyl halides is 1. The summed E-state index contributed by atoms with van der Waals surface area (Å²) in [4.78, 5) is 0. The first kappa shape index (κ1) is 7.32. The molecule has 0 saturated carbocycles. The fourth-order valence-electron chi connectivity index (χ4n) is 0.926. The van der Waals surface area contributed by atoms with E-state index < -0.39 is 0 Å². The van der Waals surface area contributed by atoms with Crippen molar-refractivity contribution in [3.8, 4) is 0 Å². The van der Waals surface area contributed by atoms with Gasteiger partial charge in [0.2, 0.25) is 0 Å². The Hall–Kier alpha value is 0.210. The van der Waals surface area contributed by atoms with Gasteiger partial charge in [0, 0.05) is 12.5 Å². The molecule has 0 aromatic heterocycles. The quantitative estimate of drug-likeness (QED) is 0.564. The van der Waals surface area contributed by atoms with Crippen LogP contribution in [-0.2, 0) is 9.47 Å². The summed E-state index contributed by atoms with van der Waals surface area (Å²) in [6.07, 6.45) is 1.12. The standard InChI is InChI=1S/C6H11ClO2/c7-5-9-4-6-1-2-8-3-6/h6H,1-5H2. The maximum Gasteiger partial charge on any atom is 0.120 e. The molecule has 0 aliphatic carbocycles. The molecule has 1 atom stereocenters. The average Bonchev–Trinajstić information content (AvgIpc) is 2.34. The minimum Gasteiger partial charge on any atom is -0.381 e. The van der Waals surface area contributed by atoms with Gasteiger partial charge in [0.1, 0.15) is 6.07 Å². The molecule has 3 heteroatoms.